The van der Waals surface area contributed by atoms with Gasteiger partial charge in [-0.2, -0.15) is 0 Å². The van der Waals surface area contributed by atoms with E-state index in [2.05, 4.69) is 86.9 Å². The van der Waals surface area contributed by atoms with Gasteiger partial charge in [-0.3, -0.25) is 4.79 Å². The van der Waals surface area contributed by atoms with Crippen molar-refractivity contribution in [3.8, 4) is 0 Å². The van der Waals surface area contributed by atoms with Gasteiger partial charge in [-0.05, 0) is 37.9 Å². The van der Waals surface area contributed by atoms with Crippen LogP contribution in [0, 0.1) is 22.0 Å². The summed E-state index contributed by atoms with van der Waals surface area (Å²) in [5.41, 5.74) is 0. The molecule has 0 N–H and O–H groups in total. The second-order valence-electron chi connectivity index (χ2n) is 14.5. The molecule has 2 saturated heterocycles. The normalized spacial score (nSPS) is 32.3. The summed E-state index contributed by atoms with van der Waals surface area (Å²) in [5, 5.41) is 10.2. The standard InChI is InChI=1S/C25H48N2O6Si2/c1-16(32-34(11,12)23(2,3)4)19-20-17-14-13-15-18(31-27(29)30)21(17)33-35(24(5,6)7,25(8,9)10)26(20)22(19)28/h16-21H,13-15H2,1-12H3/t16-,17-,18+,19-,20-,21+/m1/s1. The van der Waals surface area contributed by atoms with E-state index in [9.17, 15) is 14.9 Å². The predicted octanol–water partition coefficient (Wildman–Crippen LogP) is 6.04. The van der Waals surface area contributed by atoms with Crippen LogP contribution in [0.25, 0.3) is 0 Å². The fourth-order valence-electron chi connectivity index (χ4n) is 6.91. The maximum Gasteiger partial charge on any atom is 0.314 e. The van der Waals surface area contributed by atoms with Gasteiger partial charge in [-0.25, -0.2) is 0 Å². The quantitative estimate of drug-likeness (QED) is 0.187. The lowest BCUT2D eigenvalue weighted by Gasteiger charge is -2.71. The molecule has 0 unspecified atom stereocenters. The number of rotatable bonds is 5. The molecule has 1 saturated carbocycles. The van der Waals surface area contributed by atoms with Crippen LogP contribution in [0.1, 0.15) is 88.5 Å². The van der Waals surface area contributed by atoms with E-state index in [1.54, 1.807) is 0 Å². The number of β-lactam (4-membered cyclic amide) rings is 1. The number of fused-ring (bicyclic) bond motifs is 3. The molecule has 0 aromatic carbocycles. The maximum atomic E-state index is 14.1. The van der Waals surface area contributed by atoms with Crippen LogP contribution in [0.4, 0.5) is 0 Å². The molecule has 6 atom stereocenters. The zero-order chi connectivity index (χ0) is 26.9. The van der Waals surface area contributed by atoms with Crippen LogP contribution in [0.2, 0.25) is 28.2 Å². The Hall–Kier alpha value is -0.976. The van der Waals surface area contributed by atoms with Gasteiger partial charge in [0.15, 0.2) is 8.32 Å². The Balaban J connectivity index is 2.10. The third-order valence-corrected chi connectivity index (χ3v) is 19.6. The lowest BCUT2D eigenvalue weighted by Crippen LogP contribution is -2.86. The number of nitrogens with zero attached hydrogens (tertiary/aromatic N) is 2. The Morgan fingerprint density at radius 2 is 1.63 bits per heavy atom. The average molecular weight is 529 g/mol. The third kappa shape index (κ3) is 4.50. The average Bonchev–Trinajstić information content (AvgIpc) is 2.63. The fourth-order valence-corrected chi connectivity index (χ4v) is 14.8. The molecule has 1 amide bonds. The van der Waals surface area contributed by atoms with Crippen LogP contribution < -0.4 is 0 Å². The highest BCUT2D eigenvalue weighted by atomic mass is 28.4. The highest BCUT2D eigenvalue weighted by Gasteiger charge is 2.75. The molecule has 3 fully saturated rings. The molecule has 8 nitrogen and oxygen atoms in total. The van der Waals surface area contributed by atoms with Gasteiger partial charge in [0.2, 0.25) is 5.91 Å². The molecule has 0 bridgehead atoms. The van der Waals surface area contributed by atoms with Gasteiger partial charge in [0.25, 0.3) is 5.09 Å². The van der Waals surface area contributed by atoms with Crippen LogP contribution in [0.3, 0.4) is 0 Å². The Labute approximate surface area is 213 Å². The third-order valence-electron chi connectivity index (χ3n) is 9.13. The zero-order valence-electron chi connectivity index (χ0n) is 23.9. The molecule has 0 aromatic rings. The second kappa shape index (κ2) is 8.80. The summed E-state index contributed by atoms with van der Waals surface area (Å²) in [6.45, 7) is 26.1. The molecule has 0 aromatic heterocycles. The number of carbonyl (C=O) groups is 1. The van der Waals surface area contributed by atoms with Crippen molar-refractivity contribution in [3.05, 3.63) is 10.1 Å². The van der Waals surface area contributed by atoms with Crippen molar-refractivity contribution in [1.82, 2.24) is 4.57 Å². The van der Waals surface area contributed by atoms with E-state index >= 15 is 0 Å². The van der Waals surface area contributed by atoms with Crippen LogP contribution >= 0.6 is 0 Å². The Morgan fingerprint density at radius 3 is 2.09 bits per heavy atom. The van der Waals surface area contributed by atoms with Crippen molar-refractivity contribution < 1.29 is 23.6 Å². The highest BCUT2D eigenvalue weighted by Crippen LogP contribution is 2.63. The van der Waals surface area contributed by atoms with Gasteiger partial charge in [0, 0.05) is 22.0 Å². The van der Waals surface area contributed by atoms with E-state index in [-0.39, 0.29) is 45.0 Å². The van der Waals surface area contributed by atoms with Gasteiger partial charge in [0.05, 0.1) is 18.1 Å². The maximum absolute atomic E-state index is 14.1. The molecule has 3 rings (SSSR count). The minimum absolute atomic E-state index is 0.00666. The summed E-state index contributed by atoms with van der Waals surface area (Å²) in [7, 11) is -5.07. The molecule has 10 heteroatoms. The minimum atomic E-state index is -2.98. The van der Waals surface area contributed by atoms with Crippen LogP contribution in [0.5, 0.6) is 0 Å². The molecule has 3 aliphatic rings. The zero-order valence-corrected chi connectivity index (χ0v) is 25.9. The number of amides is 1. The first-order valence-corrected chi connectivity index (χ1v) is 17.9. The van der Waals surface area contributed by atoms with E-state index in [0.29, 0.717) is 6.42 Å². The summed E-state index contributed by atoms with van der Waals surface area (Å²) >= 11 is 0. The smallest absolute Gasteiger partial charge is 0.314 e. The van der Waals surface area contributed by atoms with Crippen LogP contribution in [0.15, 0.2) is 0 Å². The summed E-state index contributed by atoms with van der Waals surface area (Å²) in [6.07, 6.45) is 1.09. The molecular weight excluding hydrogens is 480 g/mol. The molecule has 1 aliphatic carbocycles. The lowest BCUT2D eigenvalue weighted by atomic mass is 9.70. The van der Waals surface area contributed by atoms with Gasteiger partial charge in [-0.1, -0.05) is 68.7 Å². The van der Waals surface area contributed by atoms with Crippen LogP contribution in [-0.4, -0.2) is 56.7 Å². The molecule has 2 aliphatic heterocycles. The molecular formula is C25H48N2O6Si2. The van der Waals surface area contributed by atoms with E-state index in [4.69, 9.17) is 13.7 Å². The van der Waals surface area contributed by atoms with Crippen molar-refractivity contribution in [3.63, 3.8) is 0 Å². The largest absolute Gasteiger partial charge is 0.413 e. The number of hydrogen-bond acceptors (Lipinski definition) is 6. The van der Waals surface area contributed by atoms with Gasteiger partial charge in [-0.15, -0.1) is 10.1 Å². The SMILES string of the molecule is C[C@@H](O[Si](C)(C)C(C)(C)C)[C@H]1C(=O)N2[C@@H]1[C@H]1CCC[C@H](O[N+](=O)[O-])[C@H]1O[Si]2(C(C)(C)C)C(C)(C)C. The van der Waals surface area contributed by atoms with E-state index in [1.807, 2.05) is 0 Å². The van der Waals surface area contributed by atoms with E-state index < -0.39 is 34.1 Å². The van der Waals surface area contributed by atoms with Gasteiger partial charge in [0.1, 0.15) is 6.10 Å². The highest BCUT2D eigenvalue weighted by molar-refractivity contribution is 6.79. The number of hydrogen-bond donors (Lipinski definition) is 0. The second-order valence-corrected chi connectivity index (χ2v) is 24.3. The summed E-state index contributed by atoms with van der Waals surface area (Å²) < 4.78 is 16.0. The fraction of sp³-hybridized carbons (Fsp3) is 0.960. The van der Waals surface area contributed by atoms with E-state index in [1.165, 1.54) is 0 Å². The molecule has 0 spiro atoms. The van der Waals surface area contributed by atoms with Crippen molar-refractivity contribution in [1.29, 1.82) is 0 Å². The first-order chi connectivity index (χ1) is 15.7. The Kier molecular flexibility index (Phi) is 7.19. The van der Waals surface area contributed by atoms with Crippen molar-refractivity contribution in [2.45, 2.75) is 141 Å². The molecule has 35 heavy (non-hydrogen) atoms. The summed E-state index contributed by atoms with van der Waals surface area (Å²) in [5.74, 6) is -0.118. The Bertz CT molecular complexity index is 830. The van der Waals surface area contributed by atoms with Crippen molar-refractivity contribution in [2.24, 2.45) is 11.8 Å². The van der Waals surface area contributed by atoms with Gasteiger partial charge < -0.3 is 18.3 Å². The van der Waals surface area contributed by atoms with Crippen molar-refractivity contribution in [2.75, 3.05) is 0 Å². The molecule has 0 radical (unpaired) electrons. The minimum Gasteiger partial charge on any atom is -0.413 e. The molecule has 202 valence electrons. The molecule has 2 heterocycles. The number of carbonyl (C=O) groups excluding carboxylic acids is 1. The Morgan fingerprint density at radius 1 is 1.09 bits per heavy atom. The first kappa shape index (κ1) is 28.6. The predicted molar refractivity (Wildman–Crippen MR) is 141 cm³/mol. The summed E-state index contributed by atoms with van der Waals surface area (Å²) in [6, 6.07) is -0.0377. The van der Waals surface area contributed by atoms with E-state index in [0.717, 1.165) is 12.8 Å². The van der Waals surface area contributed by atoms with Crippen molar-refractivity contribution >= 4 is 22.7 Å². The summed E-state index contributed by atoms with van der Waals surface area (Å²) in [4.78, 5) is 30.7. The first-order valence-electron chi connectivity index (χ1n) is 13.2. The monoisotopic (exact) mass is 528 g/mol. The van der Waals surface area contributed by atoms with Crippen LogP contribution in [-0.2, 0) is 18.5 Å². The lowest BCUT2D eigenvalue weighted by molar-refractivity contribution is -0.771. The van der Waals surface area contributed by atoms with Gasteiger partial charge >= 0.3 is 8.48 Å². The topological polar surface area (TPSA) is 91.1 Å².